The Balaban J connectivity index is 2.03. The summed E-state index contributed by atoms with van der Waals surface area (Å²) in [6, 6.07) is 4.34. The Morgan fingerprint density at radius 2 is 1.76 bits per heavy atom. The van der Waals surface area contributed by atoms with Crippen LogP contribution in [0.2, 0.25) is 0 Å². The van der Waals surface area contributed by atoms with E-state index >= 15 is 0 Å². The van der Waals surface area contributed by atoms with E-state index in [0.717, 1.165) is 6.08 Å². The minimum Gasteiger partial charge on any atom is -0.508 e. The molecule has 0 heterocycles. The zero-order valence-corrected chi connectivity index (χ0v) is 11.1. The molecule has 0 aliphatic heterocycles. The predicted octanol–water partition coefficient (Wildman–Crippen LogP) is 3.17. The van der Waals surface area contributed by atoms with Crippen LogP contribution < -0.4 is 0 Å². The molecule has 1 aromatic carbocycles. The Morgan fingerprint density at radius 3 is 2.48 bits per heavy atom. The van der Waals surface area contributed by atoms with Crippen molar-refractivity contribution in [1.82, 2.24) is 0 Å². The molecule has 4 heteroatoms. The van der Waals surface area contributed by atoms with E-state index in [1.165, 1.54) is 24.3 Å². The maximum Gasteiger partial charge on any atom is 0.182 e. The molecule has 1 aliphatic carbocycles. The van der Waals surface area contributed by atoms with Crippen LogP contribution >= 0.6 is 0 Å². The van der Waals surface area contributed by atoms with Crippen LogP contribution in [0.3, 0.4) is 0 Å². The van der Waals surface area contributed by atoms with Gasteiger partial charge in [-0.15, -0.1) is 0 Å². The molecule has 4 nitrogen and oxygen atoms in total. The van der Waals surface area contributed by atoms with Crippen LogP contribution in [0.4, 0.5) is 0 Å². The molecule has 0 fully saturated rings. The number of hydrogen-bond acceptors (Lipinski definition) is 4. The number of ketones is 1. The van der Waals surface area contributed by atoms with Crippen LogP contribution in [-0.4, -0.2) is 21.1 Å². The van der Waals surface area contributed by atoms with Gasteiger partial charge in [0.15, 0.2) is 5.78 Å². The van der Waals surface area contributed by atoms with Crippen LogP contribution in [0.25, 0.3) is 6.08 Å². The Labute approximate surface area is 122 Å². The molecule has 3 N–H and O–H groups in total. The predicted molar refractivity (Wildman–Crippen MR) is 80.9 cm³/mol. The van der Waals surface area contributed by atoms with E-state index in [0.29, 0.717) is 11.1 Å². The number of phenolic OH excluding ortho intramolecular Hbond substituents is 2. The topological polar surface area (TPSA) is 77.8 Å². The van der Waals surface area contributed by atoms with Gasteiger partial charge in [-0.05, 0) is 24.3 Å². The standard InChI is InChI=1S/C17H14O4/c18-14-8-6-12(16(20)10-14)4-2-1-3-5-13-7-9-15(19)11-17(13)21/h1-11,18,20-21H. The highest BCUT2D eigenvalue weighted by Gasteiger charge is 2.06. The first kappa shape index (κ1) is 14.4. The zero-order valence-electron chi connectivity index (χ0n) is 11.1. The van der Waals surface area contributed by atoms with Crippen LogP contribution in [0, 0.1) is 0 Å². The van der Waals surface area contributed by atoms with Crippen LogP contribution in [0.5, 0.6) is 11.5 Å². The lowest BCUT2D eigenvalue weighted by atomic mass is 10.1. The smallest absolute Gasteiger partial charge is 0.182 e. The van der Waals surface area contributed by atoms with Gasteiger partial charge < -0.3 is 15.3 Å². The molecule has 0 saturated carbocycles. The number of allylic oxidation sites excluding steroid dienone is 7. The number of hydrogen-bond donors (Lipinski definition) is 3. The van der Waals surface area contributed by atoms with Crippen molar-refractivity contribution in [3.05, 3.63) is 77.6 Å². The van der Waals surface area contributed by atoms with Gasteiger partial charge in [0.05, 0.1) is 0 Å². The highest BCUT2D eigenvalue weighted by atomic mass is 16.3. The van der Waals surface area contributed by atoms with E-state index in [-0.39, 0.29) is 23.0 Å². The lowest BCUT2D eigenvalue weighted by molar-refractivity contribution is -0.110. The number of rotatable bonds is 3. The lowest BCUT2D eigenvalue weighted by Crippen LogP contribution is -1.98. The van der Waals surface area contributed by atoms with Gasteiger partial charge in [-0.25, -0.2) is 0 Å². The molecule has 0 saturated heterocycles. The molecular weight excluding hydrogens is 268 g/mol. The van der Waals surface area contributed by atoms with E-state index in [2.05, 4.69) is 0 Å². The third-order valence-electron chi connectivity index (χ3n) is 2.79. The van der Waals surface area contributed by atoms with Gasteiger partial charge in [-0.1, -0.05) is 30.4 Å². The van der Waals surface area contributed by atoms with Crippen LogP contribution in [0.15, 0.2) is 72.1 Å². The molecule has 0 amide bonds. The monoisotopic (exact) mass is 282 g/mol. The summed E-state index contributed by atoms with van der Waals surface area (Å²) >= 11 is 0. The minimum atomic E-state index is -0.240. The summed E-state index contributed by atoms with van der Waals surface area (Å²) in [6.07, 6.45) is 12.5. The molecule has 0 atom stereocenters. The van der Waals surface area contributed by atoms with Crippen molar-refractivity contribution in [2.45, 2.75) is 0 Å². The first-order chi connectivity index (χ1) is 10.1. The molecule has 106 valence electrons. The number of aliphatic hydroxyl groups excluding tert-OH is 1. The van der Waals surface area contributed by atoms with Gasteiger partial charge in [-0.2, -0.15) is 0 Å². The molecule has 21 heavy (non-hydrogen) atoms. The second-order valence-electron chi connectivity index (χ2n) is 4.37. The van der Waals surface area contributed by atoms with Crippen molar-refractivity contribution in [3.8, 4) is 11.5 Å². The Kier molecular flexibility index (Phi) is 4.41. The quantitative estimate of drug-likeness (QED) is 0.744. The second kappa shape index (κ2) is 6.43. The first-order valence-corrected chi connectivity index (χ1v) is 6.26. The third-order valence-corrected chi connectivity index (χ3v) is 2.79. The maximum atomic E-state index is 11.0. The number of aliphatic hydroxyl groups is 1. The fourth-order valence-corrected chi connectivity index (χ4v) is 1.72. The van der Waals surface area contributed by atoms with Crippen molar-refractivity contribution in [1.29, 1.82) is 0 Å². The molecule has 0 bridgehead atoms. The second-order valence-corrected chi connectivity index (χ2v) is 4.37. The van der Waals surface area contributed by atoms with Crippen molar-refractivity contribution >= 4 is 11.9 Å². The van der Waals surface area contributed by atoms with Gasteiger partial charge in [0.1, 0.15) is 17.3 Å². The molecular formula is C17H14O4. The van der Waals surface area contributed by atoms with Crippen LogP contribution in [-0.2, 0) is 4.79 Å². The van der Waals surface area contributed by atoms with Gasteiger partial charge in [0.25, 0.3) is 0 Å². The van der Waals surface area contributed by atoms with Crippen molar-refractivity contribution in [3.63, 3.8) is 0 Å². The first-order valence-electron chi connectivity index (χ1n) is 6.26. The normalized spacial score (nSPS) is 17.0. The van der Waals surface area contributed by atoms with Gasteiger partial charge in [0.2, 0.25) is 0 Å². The van der Waals surface area contributed by atoms with Gasteiger partial charge in [-0.3, -0.25) is 4.79 Å². The highest BCUT2D eigenvalue weighted by molar-refractivity contribution is 6.01. The Hall–Kier alpha value is -3.01. The lowest BCUT2D eigenvalue weighted by Gasteiger charge is -2.03. The Morgan fingerprint density at radius 1 is 0.952 bits per heavy atom. The van der Waals surface area contributed by atoms with E-state index in [9.17, 15) is 15.0 Å². The summed E-state index contributed by atoms with van der Waals surface area (Å²) in [5.74, 6) is -0.304. The zero-order chi connectivity index (χ0) is 15.2. The third kappa shape index (κ3) is 3.98. The SMILES string of the molecule is O=C1C=CC(=CC=CC=Cc2ccc(O)cc2O)C(O)=C1. The fourth-order valence-electron chi connectivity index (χ4n) is 1.72. The fraction of sp³-hybridized carbons (Fsp3) is 0. The van der Waals surface area contributed by atoms with Crippen LogP contribution in [0.1, 0.15) is 5.56 Å². The molecule has 0 aromatic heterocycles. The number of carbonyl (C=O) groups excluding carboxylic acids is 1. The number of phenols is 2. The molecule has 1 aliphatic rings. The summed E-state index contributed by atoms with van der Waals surface area (Å²) in [5.41, 5.74) is 1.13. The number of carbonyl (C=O) groups is 1. The van der Waals surface area contributed by atoms with E-state index in [1.807, 2.05) is 0 Å². The van der Waals surface area contributed by atoms with Crippen molar-refractivity contribution in [2.75, 3.05) is 0 Å². The summed E-state index contributed by atoms with van der Waals surface area (Å²) in [7, 11) is 0. The van der Waals surface area contributed by atoms with Gasteiger partial charge >= 0.3 is 0 Å². The molecule has 0 unspecified atom stereocenters. The molecule has 0 spiro atoms. The van der Waals surface area contributed by atoms with Crippen molar-refractivity contribution < 1.29 is 20.1 Å². The average molecular weight is 282 g/mol. The molecule has 0 radical (unpaired) electrons. The molecule has 2 rings (SSSR count). The number of aromatic hydroxyl groups is 2. The largest absolute Gasteiger partial charge is 0.508 e. The Bertz CT molecular complexity index is 704. The number of benzene rings is 1. The summed E-state index contributed by atoms with van der Waals surface area (Å²) < 4.78 is 0. The van der Waals surface area contributed by atoms with E-state index < -0.39 is 0 Å². The van der Waals surface area contributed by atoms with Crippen molar-refractivity contribution in [2.24, 2.45) is 0 Å². The molecule has 1 aromatic rings. The van der Waals surface area contributed by atoms with Gasteiger partial charge in [0, 0.05) is 23.3 Å². The minimum absolute atomic E-state index is 0.00539. The maximum absolute atomic E-state index is 11.0. The summed E-state index contributed by atoms with van der Waals surface area (Å²) in [6.45, 7) is 0. The van der Waals surface area contributed by atoms with E-state index in [1.54, 1.807) is 36.4 Å². The summed E-state index contributed by atoms with van der Waals surface area (Å²) in [5, 5.41) is 28.3. The highest BCUT2D eigenvalue weighted by Crippen LogP contribution is 2.23. The summed E-state index contributed by atoms with van der Waals surface area (Å²) in [4.78, 5) is 11.0. The average Bonchev–Trinajstić information content (AvgIpc) is 2.42. The van der Waals surface area contributed by atoms with E-state index in [4.69, 9.17) is 5.11 Å².